The van der Waals surface area contributed by atoms with Gasteiger partial charge in [-0.3, -0.25) is 9.11 Å². The first-order valence-electron chi connectivity index (χ1n) is 0.698. The molecule has 0 aromatic rings. The summed E-state index contributed by atoms with van der Waals surface area (Å²) in [5.41, 5.74) is 0. The summed E-state index contributed by atoms with van der Waals surface area (Å²) in [5, 5.41) is 0. The minimum absolute atomic E-state index is 0. The molecule has 0 radical (unpaired) electrons. The molecular formula is H4Cl2FeO4S. The van der Waals surface area contributed by atoms with Crippen molar-refractivity contribution in [2.24, 2.45) is 0 Å². The Hall–Kier alpha value is 0.969. The molecular weight excluding hydrogens is 223 g/mol. The Morgan fingerprint density at radius 1 is 1.00 bits per heavy atom. The fourth-order valence-electron chi connectivity index (χ4n) is 0. The van der Waals surface area contributed by atoms with E-state index >= 15 is 0 Å². The van der Waals surface area contributed by atoms with Crippen molar-refractivity contribution in [1.29, 1.82) is 0 Å². The van der Waals surface area contributed by atoms with E-state index in [0.717, 1.165) is 0 Å². The van der Waals surface area contributed by atoms with Crippen molar-refractivity contribution in [3.05, 3.63) is 0 Å². The molecule has 0 unspecified atom stereocenters. The number of rotatable bonds is 0. The van der Waals surface area contributed by atoms with E-state index in [1.807, 2.05) is 0 Å². The van der Waals surface area contributed by atoms with E-state index < -0.39 is 10.4 Å². The van der Waals surface area contributed by atoms with Gasteiger partial charge in [0, 0.05) is 17.1 Å². The van der Waals surface area contributed by atoms with Gasteiger partial charge in [-0.05, 0) is 0 Å². The van der Waals surface area contributed by atoms with Crippen LogP contribution < -0.4 is 0 Å². The molecule has 0 aromatic heterocycles. The molecule has 0 aliphatic carbocycles. The topological polar surface area (TPSA) is 74.6 Å². The van der Waals surface area contributed by atoms with Crippen LogP contribution in [-0.2, 0) is 27.5 Å². The maximum Gasteiger partial charge on any atom is 0.394 e. The first-order chi connectivity index (χ1) is 2.00. The Kier molecular flexibility index (Phi) is 23.0. The molecule has 0 aromatic carbocycles. The zero-order chi connectivity index (χ0) is 4.50. The molecule has 56 valence electrons. The summed E-state index contributed by atoms with van der Waals surface area (Å²) in [6.45, 7) is 0. The Balaban J connectivity index is -0.0000000267. The summed E-state index contributed by atoms with van der Waals surface area (Å²) < 4.78 is 31.6. The number of halogens is 2. The molecule has 0 amide bonds. The average Bonchev–Trinajstić information content (AvgIpc) is 0.722. The van der Waals surface area contributed by atoms with Crippen molar-refractivity contribution in [3.63, 3.8) is 0 Å². The van der Waals surface area contributed by atoms with E-state index in [1.165, 1.54) is 0 Å². The summed E-state index contributed by atoms with van der Waals surface area (Å²) in [6, 6.07) is 0. The SMILES string of the molecule is Cl.Cl.O=S(=O)(O)O.[Fe]. The molecule has 8 heavy (non-hydrogen) atoms. The van der Waals surface area contributed by atoms with Gasteiger partial charge in [0.05, 0.1) is 0 Å². The molecule has 0 saturated carbocycles. The summed E-state index contributed by atoms with van der Waals surface area (Å²) in [7, 11) is -4.67. The number of hydrogen-bond donors (Lipinski definition) is 2. The third-order valence-electron chi connectivity index (χ3n) is 0. The first kappa shape index (κ1) is 23.1. The average molecular weight is 227 g/mol. The van der Waals surface area contributed by atoms with Gasteiger partial charge in [0.2, 0.25) is 0 Å². The van der Waals surface area contributed by atoms with Crippen LogP contribution in [-0.4, -0.2) is 17.5 Å². The second-order valence-electron chi connectivity index (χ2n) is 0.448. The Bertz CT molecular complexity index is 97.2. The molecule has 2 N–H and O–H groups in total. The van der Waals surface area contributed by atoms with Crippen LogP contribution in [0, 0.1) is 0 Å². The zero-order valence-corrected chi connectivity index (χ0v) is 6.84. The maximum absolute atomic E-state index is 8.74. The molecule has 4 nitrogen and oxygen atoms in total. The van der Waals surface area contributed by atoms with Crippen LogP contribution in [0.2, 0.25) is 0 Å². The predicted molar refractivity (Wildman–Crippen MR) is 28.7 cm³/mol. The van der Waals surface area contributed by atoms with Gasteiger partial charge in [0.1, 0.15) is 0 Å². The zero-order valence-electron chi connectivity index (χ0n) is 3.29. The minimum Gasteiger partial charge on any atom is -0.264 e. The Labute approximate surface area is 69.9 Å². The fraction of sp³-hybridized carbons (Fsp3) is 0. The van der Waals surface area contributed by atoms with Crippen molar-refractivity contribution in [3.8, 4) is 0 Å². The summed E-state index contributed by atoms with van der Waals surface area (Å²) >= 11 is 0. The van der Waals surface area contributed by atoms with Gasteiger partial charge in [0.25, 0.3) is 0 Å². The van der Waals surface area contributed by atoms with E-state index in [0.29, 0.717) is 0 Å². The van der Waals surface area contributed by atoms with Gasteiger partial charge in [-0.25, -0.2) is 0 Å². The van der Waals surface area contributed by atoms with Gasteiger partial charge in [-0.2, -0.15) is 8.42 Å². The minimum atomic E-state index is -4.67. The van der Waals surface area contributed by atoms with Crippen LogP contribution in [0.3, 0.4) is 0 Å². The quantitative estimate of drug-likeness (QED) is 0.457. The molecule has 0 aliphatic heterocycles. The predicted octanol–water partition coefficient (Wildman–Crippen LogP) is 0.188. The van der Waals surface area contributed by atoms with Crippen LogP contribution in [0.4, 0.5) is 0 Å². The Morgan fingerprint density at radius 3 is 1.00 bits per heavy atom. The van der Waals surface area contributed by atoms with Crippen molar-refractivity contribution in [2.45, 2.75) is 0 Å². The molecule has 0 fully saturated rings. The van der Waals surface area contributed by atoms with Crippen molar-refractivity contribution < 1.29 is 34.6 Å². The van der Waals surface area contributed by atoms with Crippen molar-refractivity contribution in [2.75, 3.05) is 0 Å². The largest absolute Gasteiger partial charge is 0.394 e. The standard InChI is InChI=1S/2ClH.Fe.H2O4S/c;;;1-5(2,3)4/h2*1H;;(H2,1,2,3,4). The molecule has 0 spiro atoms. The van der Waals surface area contributed by atoms with Crippen LogP contribution >= 0.6 is 24.8 Å². The second-order valence-corrected chi connectivity index (χ2v) is 1.34. The third-order valence-corrected chi connectivity index (χ3v) is 0. The van der Waals surface area contributed by atoms with E-state index in [1.54, 1.807) is 0 Å². The first-order valence-corrected chi connectivity index (χ1v) is 2.10. The second kappa shape index (κ2) is 7.97. The summed E-state index contributed by atoms with van der Waals surface area (Å²) in [5.74, 6) is 0. The molecule has 0 bridgehead atoms. The molecule has 0 rings (SSSR count). The van der Waals surface area contributed by atoms with E-state index in [-0.39, 0.29) is 41.9 Å². The molecule has 0 saturated heterocycles. The van der Waals surface area contributed by atoms with Gasteiger partial charge in [-0.1, -0.05) is 0 Å². The molecule has 0 heterocycles. The van der Waals surface area contributed by atoms with Crippen molar-refractivity contribution >= 4 is 35.2 Å². The van der Waals surface area contributed by atoms with Crippen LogP contribution in [0.25, 0.3) is 0 Å². The molecule has 8 heteroatoms. The van der Waals surface area contributed by atoms with Gasteiger partial charge in [-0.15, -0.1) is 24.8 Å². The normalized spacial score (nSPS) is 7.25. The van der Waals surface area contributed by atoms with E-state index in [4.69, 9.17) is 17.5 Å². The molecule has 0 aliphatic rings. The number of hydrogen-bond acceptors (Lipinski definition) is 2. The summed E-state index contributed by atoms with van der Waals surface area (Å²) in [6.07, 6.45) is 0. The third kappa shape index (κ3) is 264. The van der Waals surface area contributed by atoms with Crippen LogP contribution in [0.15, 0.2) is 0 Å². The Morgan fingerprint density at radius 2 is 1.00 bits per heavy atom. The van der Waals surface area contributed by atoms with Crippen LogP contribution in [0.5, 0.6) is 0 Å². The monoisotopic (exact) mass is 226 g/mol. The van der Waals surface area contributed by atoms with E-state index in [2.05, 4.69) is 0 Å². The maximum atomic E-state index is 8.74. The van der Waals surface area contributed by atoms with Crippen molar-refractivity contribution in [1.82, 2.24) is 0 Å². The molecule has 0 atom stereocenters. The van der Waals surface area contributed by atoms with Gasteiger partial charge < -0.3 is 0 Å². The van der Waals surface area contributed by atoms with E-state index in [9.17, 15) is 0 Å². The smallest absolute Gasteiger partial charge is 0.264 e. The summed E-state index contributed by atoms with van der Waals surface area (Å²) in [4.78, 5) is 0. The fourth-order valence-corrected chi connectivity index (χ4v) is 0. The van der Waals surface area contributed by atoms with Gasteiger partial charge >= 0.3 is 10.4 Å². The van der Waals surface area contributed by atoms with Crippen LogP contribution in [0.1, 0.15) is 0 Å². The van der Waals surface area contributed by atoms with Gasteiger partial charge in [0.15, 0.2) is 0 Å².